The van der Waals surface area contributed by atoms with Crippen molar-refractivity contribution in [3.05, 3.63) is 22.5 Å². The summed E-state index contributed by atoms with van der Waals surface area (Å²) in [6, 6.07) is 1.08. The van der Waals surface area contributed by atoms with E-state index in [1.54, 1.807) is 0 Å². The van der Waals surface area contributed by atoms with Gasteiger partial charge in [0.05, 0.1) is 12.1 Å². The van der Waals surface area contributed by atoms with Crippen LogP contribution in [0.1, 0.15) is 22.6 Å². The molecule has 1 heterocycles. The summed E-state index contributed by atoms with van der Waals surface area (Å²) in [6.45, 7) is 0. The minimum Gasteiger partial charge on any atom is -0.494 e. The molecule has 7 heteroatoms. The first kappa shape index (κ1) is 12.1. The highest BCUT2D eigenvalue weighted by molar-refractivity contribution is 6.67. The fourth-order valence-electron chi connectivity index (χ4n) is 0.936. The normalized spacial score (nSPS) is 10.5. The molecule has 0 aromatic carbocycles. The SMILES string of the molecule is COc1cc(Cl)c(C(F)F)nc1C(=O)Cl. The molecule has 0 spiro atoms. The summed E-state index contributed by atoms with van der Waals surface area (Å²) in [5.41, 5.74) is -1.07. The molecule has 0 N–H and O–H groups in total. The quantitative estimate of drug-likeness (QED) is 0.780. The van der Waals surface area contributed by atoms with E-state index in [0.29, 0.717) is 0 Å². The van der Waals surface area contributed by atoms with Gasteiger partial charge in [-0.05, 0) is 11.6 Å². The van der Waals surface area contributed by atoms with Gasteiger partial charge >= 0.3 is 0 Å². The fraction of sp³-hybridized carbons (Fsp3) is 0.250. The zero-order valence-corrected chi connectivity index (χ0v) is 8.94. The molecule has 0 saturated carbocycles. The second-order valence-corrected chi connectivity index (χ2v) is 3.23. The number of carbonyl (C=O) groups excluding carboxylic acids is 1. The van der Waals surface area contributed by atoms with Gasteiger partial charge in [0, 0.05) is 6.07 Å². The van der Waals surface area contributed by atoms with Crippen molar-refractivity contribution < 1.29 is 18.3 Å². The Bertz CT molecular complexity index is 398. The highest BCUT2D eigenvalue weighted by Crippen LogP contribution is 2.30. The van der Waals surface area contributed by atoms with Crippen molar-refractivity contribution >= 4 is 28.4 Å². The van der Waals surface area contributed by atoms with E-state index < -0.39 is 17.4 Å². The maximum Gasteiger partial charge on any atom is 0.281 e. The van der Waals surface area contributed by atoms with Crippen molar-refractivity contribution in [2.45, 2.75) is 6.43 Å². The van der Waals surface area contributed by atoms with Gasteiger partial charge in [0.2, 0.25) is 0 Å². The first-order valence-corrected chi connectivity index (χ1v) is 4.45. The van der Waals surface area contributed by atoms with Crippen molar-refractivity contribution in [2.75, 3.05) is 7.11 Å². The molecule has 0 saturated heterocycles. The number of hydrogen-bond donors (Lipinski definition) is 0. The zero-order valence-electron chi connectivity index (χ0n) is 7.43. The minimum atomic E-state index is -2.88. The molecule has 0 aliphatic heterocycles. The summed E-state index contributed by atoms with van der Waals surface area (Å²) < 4.78 is 29.5. The average Bonchev–Trinajstić information content (AvgIpc) is 2.16. The van der Waals surface area contributed by atoms with Crippen LogP contribution in [0, 0.1) is 0 Å². The van der Waals surface area contributed by atoms with Gasteiger partial charge in [0.25, 0.3) is 11.7 Å². The van der Waals surface area contributed by atoms with E-state index in [9.17, 15) is 13.6 Å². The van der Waals surface area contributed by atoms with Crippen LogP contribution < -0.4 is 4.74 Å². The van der Waals surface area contributed by atoms with Crippen LogP contribution in [0.2, 0.25) is 5.02 Å². The summed E-state index contributed by atoms with van der Waals surface area (Å²) in [6.07, 6.45) is -2.88. The van der Waals surface area contributed by atoms with Crippen LogP contribution in [0.25, 0.3) is 0 Å². The molecule has 0 amide bonds. The molecule has 0 bridgehead atoms. The second-order valence-electron chi connectivity index (χ2n) is 2.48. The van der Waals surface area contributed by atoms with Gasteiger partial charge in [-0.1, -0.05) is 11.6 Å². The van der Waals surface area contributed by atoms with Crippen LogP contribution in [0.5, 0.6) is 5.75 Å². The first-order chi connectivity index (χ1) is 6.97. The number of halogens is 4. The van der Waals surface area contributed by atoms with E-state index in [0.717, 1.165) is 6.07 Å². The predicted octanol–water partition coefficient (Wildman–Crippen LogP) is 3.06. The van der Waals surface area contributed by atoms with Crippen LogP contribution in [-0.4, -0.2) is 17.3 Å². The highest BCUT2D eigenvalue weighted by atomic mass is 35.5. The lowest BCUT2D eigenvalue weighted by molar-refractivity contribution is 0.107. The highest BCUT2D eigenvalue weighted by Gasteiger charge is 2.21. The molecule has 1 aromatic rings. The number of methoxy groups -OCH3 is 1. The number of aromatic nitrogens is 1. The molecule has 15 heavy (non-hydrogen) atoms. The number of hydrogen-bond acceptors (Lipinski definition) is 3. The maximum atomic E-state index is 12.4. The topological polar surface area (TPSA) is 39.2 Å². The Balaban J connectivity index is 3.37. The van der Waals surface area contributed by atoms with Crippen molar-refractivity contribution in [3.63, 3.8) is 0 Å². The third-order valence-corrected chi connectivity index (χ3v) is 2.06. The Hall–Kier alpha value is -0.940. The Kier molecular flexibility index (Phi) is 3.82. The number of nitrogens with zero attached hydrogens (tertiary/aromatic N) is 1. The number of rotatable bonds is 3. The molecule has 0 aliphatic carbocycles. The lowest BCUT2D eigenvalue weighted by atomic mass is 10.3. The maximum absolute atomic E-state index is 12.4. The summed E-state index contributed by atoms with van der Waals surface area (Å²) in [5.74, 6) is -0.0376. The lowest BCUT2D eigenvalue weighted by Crippen LogP contribution is -2.03. The van der Waals surface area contributed by atoms with E-state index in [4.69, 9.17) is 27.9 Å². The van der Waals surface area contributed by atoms with E-state index in [-0.39, 0.29) is 16.5 Å². The molecule has 0 atom stereocenters. The Morgan fingerprint density at radius 2 is 2.20 bits per heavy atom. The van der Waals surface area contributed by atoms with E-state index in [2.05, 4.69) is 4.98 Å². The number of alkyl halides is 2. The number of ether oxygens (including phenoxy) is 1. The van der Waals surface area contributed by atoms with E-state index in [1.165, 1.54) is 7.11 Å². The molecule has 3 nitrogen and oxygen atoms in total. The average molecular weight is 256 g/mol. The molecular formula is C8H5Cl2F2NO2. The summed E-state index contributed by atoms with van der Waals surface area (Å²) in [5, 5.41) is -1.26. The van der Waals surface area contributed by atoms with Crippen LogP contribution in [0.15, 0.2) is 6.07 Å². The van der Waals surface area contributed by atoms with Gasteiger partial charge in [-0.2, -0.15) is 0 Å². The molecule has 0 radical (unpaired) electrons. The van der Waals surface area contributed by atoms with E-state index in [1.807, 2.05) is 0 Å². The van der Waals surface area contributed by atoms with Crippen LogP contribution in [0.3, 0.4) is 0 Å². The van der Waals surface area contributed by atoms with Gasteiger partial charge in [0.1, 0.15) is 5.69 Å². The van der Waals surface area contributed by atoms with Crippen molar-refractivity contribution in [3.8, 4) is 5.75 Å². The number of carbonyl (C=O) groups is 1. The molecular weight excluding hydrogens is 251 g/mol. The van der Waals surface area contributed by atoms with Crippen LogP contribution >= 0.6 is 23.2 Å². The van der Waals surface area contributed by atoms with Crippen LogP contribution in [0.4, 0.5) is 8.78 Å². The van der Waals surface area contributed by atoms with Crippen molar-refractivity contribution in [1.29, 1.82) is 0 Å². The van der Waals surface area contributed by atoms with Gasteiger partial charge in [-0.15, -0.1) is 0 Å². The largest absolute Gasteiger partial charge is 0.494 e. The molecule has 0 aliphatic rings. The first-order valence-electron chi connectivity index (χ1n) is 3.69. The Morgan fingerprint density at radius 1 is 1.60 bits per heavy atom. The Labute approximate surface area is 94.0 Å². The summed E-state index contributed by atoms with van der Waals surface area (Å²) in [7, 11) is 1.25. The van der Waals surface area contributed by atoms with Crippen molar-refractivity contribution in [2.24, 2.45) is 0 Å². The zero-order chi connectivity index (χ0) is 11.6. The van der Waals surface area contributed by atoms with Gasteiger partial charge in [-0.3, -0.25) is 4.79 Å². The molecule has 1 aromatic heterocycles. The predicted molar refractivity (Wildman–Crippen MR) is 50.9 cm³/mol. The molecule has 0 fully saturated rings. The molecule has 82 valence electrons. The minimum absolute atomic E-state index is 0.0376. The Morgan fingerprint density at radius 3 is 2.60 bits per heavy atom. The molecule has 1 rings (SSSR count). The molecule has 0 unspecified atom stereocenters. The van der Waals surface area contributed by atoms with Gasteiger partial charge < -0.3 is 4.74 Å². The monoisotopic (exact) mass is 255 g/mol. The van der Waals surface area contributed by atoms with Crippen LogP contribution in [-0.2, 0) is 0 Å². The van der Waals surface area contributed by atoms with E-state index >= 15 is 0 Å². The third-order valence-electron chi connectivity index (χ3n) is 1.58. The number of pyridine rings is 1. The van der Waals surface area contributed by atoms with Gasteiger partial charge in [0.15, 0.2) is 11.4 Å². The third kappa shape index (κ3) is 2.54. The smallest absolute Gasteiger partial charge is 0.281 e. The summed E-state index contributed by atoms with van der Waals surface area (Å²) in [4.78, 5) is 14.2. The standard InChI is InChI=1S/C8H5Cl2F2NO2/c1-15-4-2-3(9)5(8(11)12)13-6(4)7(10)14/h2,8H,1H3. The summed E-state index contributed by atoms with van der Waals surface area (Å²) >= 11 is 10.6. The fourth-order valence-corrected chi connectivity index (χ4v) is 1.30. The lowest BCUT2D eigenvalue weighted by Gasteiger charge is -2.08. The second kappa shape index (κ2) is 4.72. The van der Waals surface area contributed by atoms with Crippen molar-refractivity contribution in [1.82, 2.24) is 4.98 Å². The van der Waals surface area contributed by atoms with Gasteiger partial charge in [-0.25, -0.2) is 13.8 Å².